The molecule has 12 atom stereocenters. The van der Waals surface area contributed by atoms with Crippen molar-refractivity contribution in [1.82, 2.24) is 0 Å². The van der Waals surface area contributed by atoms with Crippen LogP contribution in [0.15, 0.2) is 0 Å². The second kappa shape index (κ2) is 19.7. The number of carboxylic acids is 1. The summed E-state index contributed by atoms with van der Waals surface area (Å²) in [7, 11) is 0. The molecule has 0 aromatic rings. The monoisotopic (exact) mass is 678 g/mol. The highest BCUT2D eigenvalue weighted by molar-refractivity contribution is 5.73. The molecule has 13 nitrogen and oxygen atoms in total. The highest BCUT2D eigenvalue weighted by Gasteiger charge is 2.51. The van der Waals surface area contributed by atoms with E-state index in [1.165, 1.54) is 6.92 Å². The molecular formula is C34H62O13. The molecule has 6 N–H and O–H groups in total. The van der Waals surface area contributed by atoms with E-state index < -0.39 is 84.6 Å². The number of hydrogen-bond donors (Lipinski definition) is 6. The van der Waals surface area contributed by atoms with E-state index >= 15 is 0 Å². The van der Waals surface area contributed by atoms with Crippen LogP contribution in [-0.2, 0) is 33.3 Å². The number of aliphatic hydroxyl groups is 5. The molecule has 2 fully saturated rings. The van der Waals surface area contributed by atoms with Crippen LogP contribution >= 0.6 is 0 Å². The third-order valence-electron chi connectivity index (χ3n) is 9.31. The summed E-state index contributed by atoms with van der Waals surface area (Å²) in [4.78, 5) is 25.3. The summed E-state index contributed by atoms with van der Waals surface area (Å²) < 4.78 is 29.7. The molecule has 0 aromatic heterocycles. The fourth-order valence-corrected chi connectivity index (χ4v) is 6.31. The van der Waals surface area contributed by atoms with Crippen LogP contribution in [0.25, 0.3) is 0 Å². The average molecular weight is 679 g/mol. The minimum atomic E-state index is -1.68. The highest BCUT2D eigenvalue weighted by Crippen LogP contribution is 2.35. The van der Waals surface area contributed by atoms with Crippen LogP contribution in [0.3, 0.4) is 0 Å². The molecule has 2 rings (SSSR count). The van der Waals surface area contributed by atoms with Gasteiger partial charge in [-0.05, 0) is 47.0 Å². The Morgan fingerprint density at radius 2 is 1.13 bits per heavy atom. The van der Waals surface area contributed by atoms with Crippen molar-refractivity contribution in [2.75, 3.05) is 0 Å². The summed E-state index contributed by atoms with van der Waals surface area (Å²) in [6.07, 6.45) is -4.06. The Morgan fingerprint density at radius 3 is 1.66 bits per heavy atom. The molecule has 0 aliphatic carbocycles. The van der Waals surface area contributed by atoms with E-state index in [2.05, 4.69) is 13.8 Å². The van der Waals surface area contributed by atoms with Crippen molar-refractivity contribution in [2.45, 2.75) is 204 Å². The van der Waals surface area contributed by atoms with Gasteiger partial charge in [-0.25, -0.2) is 0 Å². The maximum absolute atomic E-state index is 13.5. The van der Waals surface area contributed by atoms with E-state index in [4.69, 9.17) is 23.7 Å². The van der Waals surface area contributed by atoms with Gasteiger partial charge in [0.2, 0.25) is 0 Å². The molecule has 47 heavy (non-hydrogen) atoms. The largest absolute Gasteiger partial charge is 0.481 e. The molecule has 276 valence electrons. The van der Waals surface area contributed by atoms with Crippen molar-refractivity contribution < 1.29 is 63.9 Å². The van der Waals surface area contributed by atoms with E-state index in [1.54, 1.807) is 20.8 Å². The first-order chi connectivity index (χ1) is 22.1. The van der Waals surface area contributed by atoms with Crippen molar-refractivity contribution in [1.29, 1.82) is 0 Å². The third kappa shape index (κ3) is 13.1. The SMILES string of the molecule is CCCCCCC[C@](C)(CC(=O)O)OC(=O)C[C@@](C)(CCCCCCC)O[C@@H]1O[C@@H](C)[C@H](O)[C@@H](O)[C@H]1O[C@@H]1O[C@@H](C)[C@H](O)[C@@H](O)[C@H]1O. The molecule has 0 saturated carbocycles. The van der Waals surface area contributed by atoms with Crippen LogP contribution in [0.2, 0.25) is 0 Å². The summed E-state index contributed by atoms with van der Waals surface area (Å²) in [5, 5.41) is 62.3. The standard InChI is InChI=1S/C34H62O13/c1-7-9-11-13-15-17-33(5,19-23(35)36)46-24(37)20-34(6,18-16-14-12-10-8-2)47-32-30(28(41)26(39)22(4)44-32)45-31-29(42)27(40)25(38)21(3)43-31/h21-22,25-32,38-42H,7-20H2,1-6H3,(H,35,36)/t21-,22-,25-,26-,27+,28+,29+,30+,31-,32-,33+,34+/m0/s1. The lowest BCUT2D eigenvalue weighted by Crippen LogP contribution is -2.64. The van der Waals surface area contributed by atoms with Gasteiger partial charge in [-0.15, -0.1) is 0 Å². The van der Waals surface area contributed by atoms with E-state index in [0.29, 0.717) is 25.7 Å². The zero-order valence-corrected chi connectivity index (χ0v) is 29.2. The van der Waals surface area contributed by atoms with Crippen molar-refractivity contribution in [2.24, 2.45) is 0 Å². The first-order valence-corrected chi connectivity index (χ1v) is 17.5. The first kappa shape index (κ1) is 41.7. The predicted molar refractivity (Wildman–Crippen MR) is 171 cm³/mol. The molecule has 0 unspecified atom stereocenters. The van der Waals surface area contributed by atoms with Gasteiger partial charge in [0, 0.05) is 0 Å². The number of carboxylic acid groups (broad SMARTS) is 1. The number of hydrogen-bond acceptors (Lipinski definition) is 12. The number of rotatable bonds is 21. The van der Waals surface area contributed by atoms with Gasteiger partial charge in [0.25, 0.3) is 0 Å². The first-order valence-electron chi connectivity index (χ1n) is 17.5. The fourth-order valence-electron chi connectivity index (χ4n) is 6.31. The van der Waals surface area contributed by atoms with E-state index in [-0.39, 0.29) is 12.8 Å². The summed E-state index contributed by atoms with van der Waals surface area (Å²) >= 11 is 0. The maximum atomic E-state index is 13.5. The molecule has 0 aromatic carbocycles. The van der Waals surface area contributed by atoms with Crippen molar-refractivity contribution in [3.8, 4) is 0 Å². The van der Waals surface area contributed by atoms with Gasteiger partial charge in [0.05, 0.1) is 30.7 Å². The zero-order chi connectivity index (χ0) is 35.4. The van der Waals surface area contributed by atoms with Crippen LogP contribution < -0.4 is 0 Å². The molecule has 0 bridgehead atoms. The molecule has 2 heterocycles. The summed E-state index contributed by atoms with van der Waals surface area (Å²) in [5.41, 5.74) is -2.44. The third-order valence-corrected chi connectivity index (χ3v) is 9.31. The number of aliphatic carboxylic acids is 1. The molecule has 2 aliphatic rings. The van der Waals surface area contributed by atoms with Gasteiger partial charge in [-0.1, -0.05) is 71.6 Å². The molecule has 2 saturated heterocycles. The van der Waals surface area contributed by atoms with E-state index in [9.17, 15) is 40.2 Å². The number of ether oxygens (including phenoxy) is 5. The van der Waals surface area contributed by atoms with Crippen molar-refractivity contribution in [3.63, 3.8) is 0 Å². The number of esters is 1. The second-order valence-corrected chi connectivity index (χ2v) is 14.0. The van der Waals surface area contributed by atoms with Gasteiger partial charge in [0.15, 0.2) is 12.6 Å². The smallest absolute Gasteiger partial charge is 0.309 e. The zero-order valence-electron chi connectivity index (χ0n) is 29.2. The van der Waals surface area contributed by atoms with Crippen molar-refractivity contribution >= 4 is 11.9 Å². The summed E-state index contributed by atoms with van der Waals surface area (Å²) in [6, 6.07) is 0. The maximum Gasteiger partial charge on any atom is 0.309 e. The Labute approximate surface area is 279 Å². The van der Waals surface area contributed by atoms with Crippen LogP contribution in [-0.4, -0.2) is 115 Å². The molecule has 2 aliphatic heterocycles. The molecular weight excluding hydrogens is 616 g/mol. The molecule has 0 spiro atoms. The number of carbonyl (C=O) groups is 2. The van der Waals surface area contributed by atoms with E-state index in [1.807, 2.05) is 0 Å². The van der Waals surface area contributed by atoms with Crippen molar-refractivity contribution in [3.05, 3.63) is 0 Å². The van der Waals surface area contributed by atoms with Gasteiger partial charge in [-0.3, -0.25) is 9.59 Å². The molecule has 0 amide bonds. The normalized spacial score (nSPS) is 33.9. The predicted octanol–water partition coefficient (Wildman–Crippen LogP) is 3.33. The molecule has 0 radical (unpaired) electrons. The number of aliphatic hydroxyl groups excluding tert-OH is 5. The van der Waals surface area contributed by atoms with Crippen LogP contribution in [0.4, 0.5) is 0 Å². The Balaban J connectivity index is 2.28. The number of carbonyl (C=O) groups excluding carboxylic acids is 1. The minimum absolute atomic E-state index is 0.254. The Hall–Kier alpha value is -1.42. The van der Waals surface area contributed by atoms with Crippen LogP contribution in [0, 0.1) is 0 Å². The van der Waals surface area contributed by atoms with Gasteiger partial charge in [0.1, 0.15) is 42.2 Å². The van der Waals surface area contributed by atoms with Gasteiger partial charge >= 0.3 is 11.9 Å². The topological polar surface area (TPSA) is 202 Å². The van der Waals surface area contributed by atoms with Gasteiger partial charge < -0.3 is 54.3 Å². The van der Waals surface area contributed by atoms with Crippen LogP contribution in [0.1, 0.15) is 131 Å². The van der Waals surface area contributed by atoms with Crippen LogP contribution in [0.5, 0.6) is 0 Å². The second-order valence-electron chi connectivity index (χ2n) is 14.0. The summed E-state index contributed by atoms with van der Waals surface area (Å²) in [6.45, 7) is 10.6. The fraction of sp³-hybridized carbons (Fsp3) is 0.941. The average Bonchev–Trinajstić information content (AvgIpc) is 2.98. The Bertz CT molecular complexity index is 936. The quantitative estimate of drug-likeness (QED) is 0.0763. The molecule has 13 heteroatoms. The summed E-state index contributed by atoms with van der Waals surface area (Å²) in [5.74, 6) is -1.71. The lowest BCUT2D eigenvalue weighted by molar-refractivity contribution is -0.373. The lowest BCUT2D eigenvalue weighted by Gasteiger charge is -2.47. The Morgan fingerprint density at radius 1 is 0.638 bits per heavy atom. The minimum Gasteiger partial charge on any atom is -0.481 e. The Kier molecular flexibility index (Phi) is 17.5. The van der Waals surface area contributed by atoms with E-state index in [0.717, 1.165) is 51.4 Å². The van der Waals surface area contributed by atoms with Gasteiger partial charge in [-0.2, -0.15) is 0 Å². The number of unbranched alkanes of at least 4 members (excludes halogenated alkanes) is 8. The highest BCUT2D eigenvalue weighted by atomic mass is 16.8. The lowest BCUT2D eigenvalue weighted by atomic mass is 9.91.